The Morgan fingerprint density at radius 1 is 1.25 bits per heavy atom. The third-order valence-corrected chi connectivity index (χ3v) is 6.18. The Bertz CT molecular complexity index is 1140. The van der Waals surface area contributed by atoms with Gasteiger partial charge in [0.2, 0.25) is 11.9 Å². The standard InChI is InChI=1S/C21H29N9O2/c1-4-28(5-2)21-22-13-16-18(24-21)12-17(23-20(16)32)15-6-9-29(10-7-15)19(31)8-11-30-14(3)25-26-27-30/h12-13,15H,4-11H2,1-3H3,(H,23,32). The number of nitrogens with one attached hydrogen (secondary N) is 1. The minimum Gasteiger partial charge on any atom is -0.343 e. The molecule has 0 spiro atoms. The number of likely N-dealkylation sites (tertiary alicyclic amines) is 1. The van der Waals surface area contributed by atoms with Crippen molar-refractivity contribution in [3.63, 3.8) is 0 Å². The number of nitrogens with zero attached hydrogens (tertiary/aromatic N) is 8. The van der Waals surface area contributed by atoms with Gasteiger partial charge in [0.15, 0.2) is 0 Å². The number of tetrazole rings is 1. The predicted molar refractivity (Wildman–Crippen MR) is 119 cm³/mol. The quantitative estimate of drug-likeness (QED) is 0.583. The van der Waals surface area contributed by atoms with Crippen molar-refractivity contribution >= 4 is 22.8 Å². The Labute approximate surface area is 185 Å². The normalized spacial score (nSPS) is 14.8. The van der Waals surface area contributed by atoms with Gasteiger partial charge in [-0.25, -0.2) is 14.6 Å². The minimum absolute atomic E-state index is 0.0990. The number of anilines is 1. The smallest absolute Gasteiger partial charge is 0.259 e. The summed E-state index contributed by atoms with van der Waals surface area (Å²) in [5.74, 6) is 1.62. The van der Waals surface area contributed by atoms with Crippen LogP contribution in [-0.4, -0.2) is 72.1 Å². The van der Waals surface area contributed by atoms with Crippen molar-refractivity contribution in [2.24, 2.45) is 0 Å². The van der Waals surface area contributed by atoms with Crippen LogP contribution in [0.1, 0.15) is 50.5 Å². The molecule has 3 aromatic heterocycles. The van der Waals surface area contributed by atoms with Crippen LogP contribution in [0, 0.1) is 6.92 Å². The summed E-state index contributed by atoms with van der Waals surface area (Å²) < 4.78 is 1.64. The van der Waals surface area contributed by atoms with Crippen LogP contribution in [0.5, 0.6) is 0 Å². The number of aromatic amines is 1. The number of rotatable bonds is 7. The first kappa shape index (κ1) is 21.8. The molecule has 3 aromatic rings. The van der Waals surface area contributed by atoms with E-state index in [1.165, 1.54) is 0 Å². The Kier molecular flexibility index (Phi) is 6.42. The number of H-pyrrole nitrogens is 1. The van der Waals surface area contributed by atoms with Gasteiger partial charge in [-0.1, -0.05) is 0 Å². The number of hydrogen-bond donors (Lipinski definition) is 1. The predicted octanol–water partition coefficient (Wildman–Crippen LogP) is 1.26. The summed E-state index contributed by atoms with van der Waals surface area (Å²) in [6, 6.07) is 1.97. The molecule has 4 heterocycles. The van der Waals surface area contributed by atoms with Crippen molar-refractivity contribution in [1.29, 1.82) is 0 Å². The summed E-state index contributed by atoms with van der Waals surface area (Å²) in [6.07, 6.45) is 3.57. The van der Waals surface area contributed by atoms with Gasteiger partial charge < -0.3 is 14.8 Å². The second kappa shape index (κ2) is 9.41. The number of amides is 1. The zero-order valence-electron chi connectivity index (χ0n) is 18.8. The monoisotopic (exact) mass is 439 g/mol. The lowest BCUT2D eigenvalue weighted by molar-refractivity contribution is -0.132. The average Bonchev–Trinajstić information content (AvgIpc) is 3.22. The van der Waals surface area contributed by atoms with Gasteiger partial charge in [-0.2, -0.15) is 0 Å². The molecule has 1 aliphatic rings. The molecular weight excluding hydrogens is 410 g/mol. The van der Waals surface area contributed by atoms with Gasteiger partial charge in [0.05, 0.1) is 17.4 Å². The van der Waals surface area contributed by atoms with Crippen LogP contribution < -0.4 is 10.5 Å². The highest BCUT2D eigenvalue weighted by atomic mass is 16.2. The number of fused-ring (bicyclic) bond motifs is 1. The lowest BCUT2D eigenvalue weighted by atomic mass is 9.92. The third kappa shape index (κ3) is 4.46. The second-order valence-corrected chi connectivity index (χ2v) is 8.05. The van der Waals surface area contributed by atoms with Crippen molar-refractivity contribution < 1.29 is 4.79 Å². The molecule has 0 aliphatic carbocycles. The van der Waals surface area contributed by atoms with Crippen molar-refractivity contribution in [1.82, 2.24) is 40.1 Å². The second-order valence-electron chi connectivity index (χ2n) is 8.05. The number of piperidine rings is 1. The largest absolute Gasteiger partial charge is 0.343 e. The van der Waals surface area contributed by atoms with Crippen molar-refractivity contribution in [2.75, 3.05) is 31.1 Å². The molecule has 0 aromatic carbocycles. The Hall–Kier alpha value is -3.37. The van der Waals surface area contributed by atoms with Gasteiger partial charge in [0, 0.05) is 50.4 Å². The minimum atomic E-state index is -0.168. The molecule has 1 aliphatic heterocycles. The highest BCUT2D eigenvalue weighted by Crippen LogP contribution is 2.28. The van der Waals surface area contributed by atoms with E-state index in [-0.39, 0.29) is 17.4 Å². The molecule has 1 N–H and O–H groups in total. The van der Waals surface area contributed by atoms with E-state index in [4.69, 9.17) is 0 Å². The molecular formula is C21H29N9O2. The fraction of sp³-hybridized carbons (Fsp3) is 0.571. The molecule has 1 amide bonds. The summed E-state index contributed by atoms with van der Waals surface area (Å²) in [6.45, 7) is 9.33. The van der Waals surface area contributed by atoms with E-state index in [0.717, 1.165) is 31.6 Å². The summed E-state index contributed by atoms with van der Waals surface area (Å²) >= 11 is 0. The summed E-state index contributed by atoms with van der Waals surface area (Å²) in [5.41, 5.74) is 1.37. The number of aryl methyl sites for hydroxylation is 2. The molecule has 11 heteroatoms. The molecule has 1 saturated heterocycles. The Morgan fingerprint density at radius 3 is 2.66 bits per heavy atom. The molecule has 0 saturated carbocycles. The molecule has 0 atom stereocenters. The van der Waals surface area contributed by atoms with E-state index in [2.05, 4.69) is 49.2 Å². The fourth-order valence-electron chi connectivity index (χ4n) is 4.19. The molecule has 1 fully saturated rings. The maximum atomic E-state index is 12.6. The fourth-order valence-corrected chi connectivity index (χ4v) is 4.19. The van der Waals surface area contributed by atoms with Crippen LogP contribution in [0.25, 0.3) is 10.9 Å². The lowest BCUT2D eigenvalue weighted by Gasteiger charge is -2.32. The number of carbonyl (C=O) groups excluding carboxylic acids is 1. The maximum Gasteiger partial charge on any atom is 0.259 e. The highest BCUT2D eigenvalue weighted by molar-refractivity contribution is 5.78. The van der Waals surface area contributed by atoms with Gasteiger partial charge in [0.1, 0.15) is 5.82 Å². The maximum absolute atomic E-state index is 12.6. The van der Waals surface area contributed by atoms with Crippen LogP contribution >= 0.6 is 0 Å². The van der Waals surface area contributed by atoms with Crippen LogP contribution in [0.3, 0.4) is 0 Å². The van der Waals surface area contributed by atoms with Gasteiger partial charge in [0.25, 0.3) is 5.56 Å². The highest BCUT2D eigenvalue weighted by Gasteiger charge is 2.25. The van der Waals surface area contributed by atoms with E-state index in [9.17, 15) is 9.59 Å². The van der Waals surface area contributed by atoms with E-state index in [1.807, 2.05) is 17.9 Å². The average molecular weight is 440 g/mol. The number of carbonyl (C=O) groups is 1. The van der Waals surface area contributed by atoms with E-state index in [0.29, 0.717) is 48.7 Å². The number of pyridine rings is 1. The lowest BCUT2D eigenvalue weighted by Crippen LogP contribution is -2.38. The zero-order valence-corrected chi connectivity index (χ0v) is 18.8. The molecule has 170 valence electrons. The van der Waals surface area contributed by atoms with Crippen LogP contribution in [0.2, 0.25) is 0 Å². The topological polar surface area (TPSA) is 126 Å². The first-order valence-electron chi connectivity index (χ1n) is 11.2. The van der Waals surface area contributed by atoms with Crippen LogP contribution in [0.15, 0.2) is 17.1 Å². The Morgan fingerprint density at radius 2 is 2.00 bits per heavy atom. The van der Waals surface area contributed by atoms with Crippen LogP contribution in [0.4, 0.5) is 5.95 Å². The molecule has 32 heavy (non-hydrogen) atoms. The van der Waals surface area contributed by atoms with E-state index in [1.54, 1.807) is 10.9 Å². The zero-order chi connectivity index (χ0) is 22.7. The molecule has 11 nitrogen and oxygen atoms in total. The Balaban J connectivity index is 1.43. The summed E-state index contributed by atoms with van der Waals surface area (Å²) in [5, 5.41) is 11.8. The first-order chi connectivity index (χ1) is 15.5. The number of aromatic nitrogens is 7. The van der Waals surface area contributed by atoms with Gasteiger partial charge in [-0.3, -0.25) is 9.59 Å². The molecule has 0 bridgehead atoms. The SMILES string of the molecule is CCN(CC)c1ncc2c(=O)[nH]c(C3CCN(C(=O)CCn4nnnc4C)CC3)cc2n1. The summed E-state index contributed by atoms with van der Waals surface area (Å²) in [4.78, 5) is 41.2. The first-order valence-corrected chi connectivity index (χ1v) is 11.2. The molecule has 4 rings (SSSR count). The van der Waals surface area contributed by atoms with Crippen molar-refractivity contribution in [2.45, 2.75) is 52.5 Å². The third-order valence-electron chi connectivity index (χ3n) is 6.18. The van der Waals surface area contributed by atoms with E-state index >= 15 is 0 Å². The molecule has 0 radical (unpaired) electrons. The number of hydrogen-bond acceptors (Lipinski definition) is 8. The van der Waals surface area contributed by atoms with Gasteiger partial charge in [-0.15, -0.1) is 5.10 Å². The molecule has 0 unspecified atom stereocenters. The van der Waals surface area contributed by atoms with Crippen LogP contribution in [-0.2, 0) is 11.3 Å². The van der Waals surface area contributed by atoms with Crippen molar-refractivity contribution in [3.05, 3.63) is 34.1 Å². The van der Waals surface area contributed by atoms with Crippen molar-refractivity contribution in [3.8, 4) is 0 Å². The van der Waals surface area contributed by atoms with Gasteiger partial charge >= 0.3 is 0 Å². The van der Waals surface area contributed by atoms with Gasteiger partial charge in [-0.05, 0) is 50.1 Å². The summed E-state index contributed by atoms with van der Waals surface area (Å²) in [7, 11) is 0. The van der Waals surface area contributed by atoms with E-state index < -0.39 is 0 Å².